The summed E-state index contributed by atoms with van der Waals surface area (Å²) < 4.78 is 14.0. The maximum atomic E-state index is 14.0. The van der Waals surface area contributed by atoms with Crippen molar-refractivity contribution in [2.45, 2.75) is 5.92 Å². The zero-order valence-corrected chi connectivity index (χ0v) is 13.0. The standard InChI is InChI=1S/C19H12FN4O/c20-17-4-2-1-3-15(17)16(12-25)18-9-10-22-19(24-18)23-14-7-5-13(11-21)6-8-14/h1-10,16H,(H,22,23,24). The Morgan fingerprint density at radius 3 is 2.52 bits per heavy atom. The minimum absolute atomic E-state index is 0.209. The Kier molecular flexibility index (Phi) is 4.77. The van der Waals surface area contributed by atoms with Crippen molar-refractivity contribution in [3.63, 3.8) is 0 Å². The van der Waals surface area contributed by atoms with Gasteiger partial charge in [-0.1, -0.05) is 18.2 Å². The third-order valence-electron chi connectivity index (χ3n) is 3.58. The molecule has 0 aliphatic carbocycles. The summed E-state index contributed by atoms with van der Waals surface area (Å²) in [5.41, 5.74) is 1.77. The Bertz CT molecular complexity index is 935. The molecule has 1 heterocycles. The molecule has 25 heavy (non-hydrogen) atoms. The van der Waals surface area contributed by atoms with Crippen LogP contribution in [-0.2, 0) is 4.79 Å². The second kappa shape index (κ2) is 7.32. The van der Waals surface area contributed by atoms with Gasteiger partial charge in [0.05, 0.1) is 23.2 Å². The number of nitrogens with one attached hydrogen (secondary N) is 1. The molecule has 0 bridgehead atoms. The normalized spacial score (nSPS) is 11.4. The average Bonchev–Trinajstić information content (AvgIpc) is 2.65. The molecule has 6 heteroatoms. The van der Waals surface area contributed by atoms with Gasteiger partial charge < -0.3 is 5.32 Å². The summed E-state index contributed by atoms with van der Waals surface area (Å²) in [4.78, 5) is 19.8. The number of nitrogens with zero attached hydrogens (tertiary/aromatic N) is 3. The van der Waals surface area contributed by atoms with Gasteiger partial charge in [0.2, 0.25) is 12.2 Å². The van der Waals surface area contributed by atoms with Crippen LogP contribution in [0.5, 0.6) is 0 Å². The third-order valence-corrected chi connectivity index (χ3v) is 3.58. The van der Waals surface area contributed by atoms with E-state index in [0.29, 0.717) is 16.9 Å². The van der Waals surface area contributed by atoms with Gasteiger partial charge >= 0.3 is 0 Å². The lowest BCUT2D eigenvalue weighted by Crippen LogP contribution is -2.09. The van der Waals surface area contributed by atoms with Crippen LogP contribution in [0, 0.1) is 17.1 Å². The number of halogens is 1. The molecular formula is C19H12FN4O. The van der Waals surface area contributed by atoms with Gasteiger partial charge in [-0.2, -0.15) is 5.26 Å². The molecular weight excluding hydrogens is 319 g/mol. The molecule has 0 saturated heterocycles. The maximum absolute atomic E-state index is 14.0. The Labute approximate surface area is 143 Å². The highest BCUT2D eigenvalue weighted by atomic mass is 19.1. The van der Waals surface area contributed by atoms with Crippen molar-refractivity contribution in [2.75, 3.05) is 5.32 Å². The van der Waals surface area contributed by atoms with Gasteiger partial charge in [-0.05, 0) is 36.4 Å². The molecule has 0 aliphatic heterocycles. The molecule has 0 amide bonds. The fourth-order valence-electron chi connectivity index (χ4n) is 2.34. The Hall–Kier alpha value is -3.59. The second-order valence-electron chi connectivity index (χ2n) is 5.19. The van der Waals surface area contributed by atoms with Gasteiger partial charge in [-0.3, -0.25) is 4.79 Å². The van der Waals surface area contributed by atoms with Crippen molar-refractivity contribution in [3.05, 3.63) is 83.4 Å². The third kappa shape index (κ3) is 3.67. The minimum Gasteiger partial charge on any atom is -0.324 e. The van der Waals surface area contributed by atoms with E-state index in [1.807, 2.05) is 12.4 Å². The largest absolute Gasteiger partial charge is 0.324 e. The summed E-state index contributed by atoms with van der Waals surface area (Å²) in [5, 5.41) is 11.8. The number of aromatic nitrogens is 2. The van der Waals surface area contributed by atoms with E-state index in [0.717, 1.165) is 0 Å². The van der Waals surface area contributed by atoms with Crippen LogP contribution in [-0.4, -0.2) is 16.3 Å². The van der Waals surface area contributed by atoms with Gasteiger partial charge in [0.15, 0.2) is 0 Å². The summed E-state index contributed by atoms with van der Waals surface area (Å²) in [6, 6.07) is 16.4. The van der Waals surface area contributed by atoms with Gasteiger partial charge in [0.1, 0.15) is 5.82 Å². The highest BCUT2D eigenvalue weighted by Crippen LogP contribution is 2.24. The summed E-state index contributed by atoms with van der Waals surface area (Å²) in [6.07, 6.45) is 3.32. The van der Waals surface area contributed by atoms with Crippen LogP contribution in [0.1, 0.15) is 22.7 Å². The first-order valence-electron chi connectivity index (χ1n) is 7.43. The van der Waals surface area contributed by atoms with Crippen molar-refractivity contribution in [3.8, 4) is 6.07 Å². The number of rotatable bonds is 5. The van der Waals surface area contributed by atoms with E-state index >= 15 is 0 Å². The minimum atomic E-state index is -0.939. The van der Waals surface area contributed by atoms with Crippen molar-refractivity contribution in [1.82, 2.24) is 9.97 Å². The highest BCUT2D eigenvalue weighted by molar-refractivity contribution is 5.68. The molecule has 0 aliphatic rings. The van der Waals surface area contributed by atoms with Crippen LogP contribution in [0.2, 0.25) is 0 Å². The number of benzene rings is 2. The molecule has 1 atom stereocenters. The maximum Gasteiger partial charge on any atom is 0.227 e. The van der Waals surface area contributed by atoms with E-state index in [1.54, 1.807) is 42.5 Å². The second-order valence-corrected chi connectivity index (χ2v) is 5.19. The predicted octanol–water partition coefficient (Wildman–Crippen LogP) is 3.47. The van der Waals surface area contributed by atoms with Gasteiger partial charge in [0, 0.05) is 17.4 Å². The van der Waals surface area contributed by atoms with E-state index in [1.165, 1.54) is 18.3 Å². The Balaban J connectivity index is 1.88. The zero-order chi connectivity index (χ0) is 17.6. The highest BCUT2D eigenvalue weighted by Gasteiger charge is 2.20. The SMILES string of the molecule is N#Cc1ccc(Nc2nccc(C([C]=O)c3ccccc3F)n2)cc1. The molecule has 1 unspecified atom stereocenters. The molecule has 3 aromatic rings. The zero-order valence-electron chi connectivity index (χ0n) is 13.0. The summed E-state index contributed by atoms with van der Waals surface area (Å²) in [7, 11) is 0. The van der Waals surface area contributed by atoms with Gasteiger partial charge in [-0.25, -0.2) is 14.4 Å². The van der Waals surface area contributed by atoms with Crippen molar-refractivity contribution >= 4 is 17.9 Å². The number of carbonyl (C=O) groups excluding carboxylic acids is 1. The molecule has 2 aromatic carbocycles. The topological polar surface area (TPSA) is 78.7 Å². The summed E-state index contributed by atoms with van der Waals surface area (Å²) in [5.74, 6) is -1.17. The molecule has 1 radical (unpaired) electrons. The number of hydrogen-bond donors (Lipinski definition) is 1. The first kappa shape index (κ1) is 16.3. The van der Waals surface area contributed by atoms with Crippen molar-refractivity contribution in [1.29, 1.82) is 5.26 Å². The average molecular weight is 331 g/mol. The number of nitriles is 1. The smallest absolute Gasteiger partial charge is 0.227 e. The van der Waals surface area contributed by atoms with Crippen LogP contribution in [0.15, 0.2) is 60.8 Å². The van der Waals surface area contributed by atoms with E-state index in [2.05, 4.69) is 15.3 Å². The van der Waals surface area contributed by atoms with Crippen LogP contribution >= 0.6 is 0 Å². The lowest BCUT2D eigenvalue weighted by Gasteiger charge is -2.12. The summed E-state index contributed by atoms with van der Waals surface area (Å²) >= 11 is 0. The van der Waals surface area contributed by atoms with E-state index in [-0.39, 0.29) is 11.5 Å². The lowest BCUT2D eigenvalue weighted by molar-refractivity contribution is 0.542. The lowest BCUT2D eigenvalue weighted by atomic mass is 9.96. The number of anilines is 2. The van der Waals surface area contributed by atoms with Crippen molar-refractivity contribution in [2.24, 2.45) is 0 Å². The van der Waals surface area contributed by atoms with E-state index in [4.69, 9.17) is 5.26 Å². The van der Waals surface area contributed by atoms with Crippen molar-refractivity contribution < 1.29 is 9.18 Å². The quantitative estimate of drug-likeness (QED) is 0.774. The molecule has 5 nitrogen and oxygen atoms in total. The van der Waals surface area contributed by atoms with Crippen LogP contribution in [0.4, 0.5) is 16.0 Å². The Morgan fingerprint density at radius 2 is 1.84 bits per heavy atom. The first-order chi connectivity index (χ1) is 12.2. The van der Waals surface area contributed by atoms with Crippen LogP contribution in [0.25, 0.3) is 0 Å². The number of hydrogen-bond acceptors (Lipinski definition) is 5. The molecule has 1 N–H and O–H groups in total. The van der Waals surface area contributed by atoms with E-state index in [9.17, 15) is 9.18 Å². The van der Waals surface area contributed by atoms with E-state index < -0.39 is 11.7 Å². The molecule has 0 fully saturated rings. The first-order valence-corrected chi connectivity index (χ1v) is 7.43. The predicted molar refractivity (Wildman–Crippen MR) is 90.4 cm³/mol. The van der Waals surface area contributed by atoms with Crippen LogP contribution in [0.3, 0.4) is 0 Å². The molecule has 0 spiro atoms. The monoisotopic (exact) mass is 331 g/mol. The fourth-order valence-corrected chi connectivity index (χ4v) is 2.34. The summed E-state index contributed by atoms with van der Waals surface area (Å²) in [6.45, 7) is 0. The van der Waals surface area contributed by atoms with Crippen LogP contribution < -0.4 is 5.32 Å². The van der Waals surface area contributed by atoms with Gasteiger partial charge in [0.25, 0.3) is 0 Å². The van der Waals surface area contributed by atoms with Gasteiger partial charge in [-0.15, -0.1) is 0 Å². The molecule has 0 saturated carbocycles. The molecule has 121 valence electrons. The molecule has 3 rings (SSSR count). The Morgan fingerprint density at radius 1 is 1.08 bits per heavy atom. The molecule has 1 aromatic heterocycles. The fraction of sp³-hybridized carbons (Fsp3) is 0.0526.